The van der Waals surface area contributed by atoms with Crippen molar-refractivity contribution in [2.75, 3.05) is 30.8 Å². The third-order valence-electron chi connectivity index (χ3n) is 3.45. The first kappa shape index (κ1) is 14.8. The van der Waals surface area contributed by atoms with Crippen LogP contribution in [0.25, 0.3) is 11.0 Å². The molecule has 1 aromatic carbocycles. The number of nitrogens with zero attached hydrogens (tertiary/aromatic N) is 2. The lowest BCUT2D eigenvalue weighted by molar-refractivity contribution is 0.479. The highest BCUT2D eigenvalue weighted by molar-refractivity contribution is 5.85. The first-order chi connectivity index (χ1) is 9.36. The third-order valence-corrected chi connectivity index (χ3v) is 3.45. The van der Waals surface area contributed by atoms with Crippen LogP contribution in [0.3, 0.4) is 0 Å². The van der Waals surface area contributed by atoms with E-state index >= 15 is 0 Å². The van der Waals surface area contributed by atoms with E-state index in [1.807, 2.05) is 31.3 Å². The van der Waals surface area contributed by atoms with Crippen molar-refractivity contribution in [3.63, 3.8) is 0 Å². The van der Waals surface area contributed by atoms with E-state index < -0.39 is 0 Å². The molecule has 0 amide bonds. The summed E-state index contributed by atoms with van der Waals surface area (Å²) in [6.45, 7) is 2.10. The van der Waals surface area contributed by atoms with E-state index in [-0.39, 0.29) is 12.4 Å². The van der Waals surface area contributed by atoms with Crippen molar-refractivity contribution in [2.24, 2.45) is 0 Å². The van der Waals surface area contributed by atoms with Crippen LogP contribution in [-0.4, -0.2) is 36.1 Å². The van der Waals surface area contributed by atoms with Gasteiger partial charge in [-0.2, -0.15) is 0 Å². The van der Waals surface area contributed by atoms with Gasteiger partial charge in [0.25, 0.3) is 0 Å². The van der Waals surface area contributed by atoms with Crippen LogP contribution >= 0.6 is 12.4 Å². The Morgan fingerprint density at radius 2 is 1.85 bits per heavy atom. The lowest BCUT2D eigenvalue weighted by atomic mass is 10.1. The second kappa shape index (κ2) is 6.72. The van der Waals surface area contributed by atoms with Crippen molar-refractivity contribution in [1.29, 1.82) is 0 Å². The number of nitrogens with one attached hydrogen (secondary N) is 3. The fourth-order valence-corrected chi connectivity index (χ4v) is 2.44. The fourth-order valence-electron chi connectivity index (χ4n) is 2.44. The van der Waals surface area contributed by atoms with E-state index in [9.17, 15) is 0 Å². The molecule has 5 nitrogen and oxygen atoms in total. The first-order valence-electron chi connectivity index (χ1n) is 6.78. The molecule has 0 bridgehead atoms. The summed E-state index contributed by atoms with van der Waals surface area (Å²) in [5.74, 6) is 1.65. The van der Waals surface area contributed by atoms with Crippen LogP contribution in [-0.2, 0) is 0 Å². The lowest BCUT2D eigenvalue weighted by Gasteiger charge is -2.25. The van der Waals surface area contributed by atoms with Gasteiger partial charge in [0.15, 0.2) is 11.6 Å². The van der Waals surface area contributed by atoms with Crippen LogP contribution in [0.15, 0.2) is 24.3 Å². The molecule has 0 spiro atoms. The molecule has 0 aliphatic carbocycles. The van der Waals surface area contributed by atoms with E-state index in [0.29, 0.717) is 6.04 Å². The minimum Gasteiger partial charge on any atom is -0.370 e. The van der Waals surface area contributed by atoms with Crippen LogP contribution in [0, 0.1) is 0 Å². The molecule has 2 aromatic rings. The largest absolute Gasteiger partial charge is 0.370 e. The minimum absolute atomic E-state index is 0. The zero-order chi connectivity index (χ0) is 13.1. The second-order valence-electron chi connectivity index (χ2n) is 4.85. The highest BCUT2D eigenvalue weighted by Crippen LogP contribution is 2.22. The summed E-state index contributed by atoms with van der Waals surface area (Å²) in [5, 5.41) is 10.0. The van der Waals surface area contributed by atoms with Gasteiger partial charge in [0, 0.05) is 19.6 Å². The summed E-state index contributed by atoms with van der Waals surface area (Å²) in [6.07, 6.45) is 2.37. The predicted molar refractivity (Wildman–Crippen MR) is 85.8 cm³/mol. The Kier molecular flexibility index (Phi) is 4.98. The number of aromatic nitrogens is 2. The van der Waals surface area contributed by atoms with Crippen LogP contribution in [0.4, 0.5) is 11.6 Å². The SMILES string of the molecule is CNc1nc2ccccc2nc1N[C@@H]1CCCNC1.Cl. The molecule has 1 atom stereocenters. The van der Waals surface area contributed by atoms with Crippen LogP contribution < -0.4 is 16.0 Å². The number of hydrogen-bond acceptors (Lipinski definition) is 5. The number of halogens is 1. The third kappa shape index (κ3) is 3.11. The van der Waals surface area contributed by atoms with E-state index in [0.717, 1.165) is 35.8 Å². The molecule has 3 rings (SSSR count). The Bertz CT molecular complexity index is 568. The molecule has 2 heterocycles. The van der Waals surface area contributed by atoms with Gasteiger partial charge in [0.1, 0.15) is 0 Å². The number of hydrogen-bond donors (Lipinski definition) is 3. The molecular formula is C14H20ClN5. The lowest BCUT2D eigenvalue weighted by Crippen LogP contribution is -2.38. The zero-order valence-electron chi connectivity index (χ0n) is 11.5. The molecule has 6 heteroatoms. The van der Waals surface area contributed by atoms with Gasteiger partial charge < -0.3 is 16.0 Å². The molecule has 20 heavy (non-hydrogen) atoms. The summed E-state index contributed by atoms with van der Waals surface area (Å²) in [7, 11) is 1.88. The van der Waals surface area contributed by atoms with E-state index in [1.165, 1.54) is 12.8 Å². The molecule has 0 saturated carbocycles. The smallest absolute Gasteiger partial charge is 0.170 e. The Hall–Kier alpha value is -1.59. The number of rotatable bonds is 3. The summed E-state index contributed by atoms with van der Waals surface area (Å²) in [4.78, 5) is 9.28. The molecular weight excluding hydrogens is 274 g/mol. The summed E-state index contributed by atoms with van der Waals surface area (Å²) in [5.41, 5.74) is 1.84. The molecule has 1 aliphatic rings. The number of para-hydroxylation sites is 2. The van der Waals surface area contributed by atoms with Gasteiger partial charge in [-0.1, -0.05) is 12.1 Å². The highest BCUT2D eigenvalue weighted by Gasteiger charge is 2.15. The molecule has 1 fully saturated rings. The maximum Gasteiger partial charge on any atom is 0.170 e. The van der Waals surface area contributed by atoms with E-state index in [1.54, 1.807) is 0 Å². The van der Waals surface area contributed by atoms with Gasteiger partial charge in [-0.15, -0.1) is 12.4 Å². The minimum atomic E-state index is 0. The number of piperidine rings is 1. The number of fused-ring (bicyclic) bond motifs is 1. The quantitative estimate of drug-likeness (QED) is 0.810. The van der Waals surface area contributed by atoms with Crippen LogP contribution in [0.5, 0.6) is 0 Å². The maximum absolute atomic E-state index is 4.68. The summed E-state index contributed by atoms with van der Waals surface area (Å²) >= 11 is 0. The molecule has 1 aromatic heterocycles. The predicted octanol–water partition coefficient (Wildman–Crippen LogP) is 2.26. The Labute approximate surface area is 125 Å². The molecule has 1 saturated heterocycles. The molecule has 0 radical (unpaired) electrons. The molecule has 3 N–H and O–H groups in total. The summed E-state index contributed by atoms with van der Waals surface area (Å²) in [6, 6.07) is 8.37. The monoisotopic (exact) mass is 293 g/mol. The van der Waals surface area contributed by atoms with Gasteiger partial charge in [-0.25, -0.2) is 9.97 Å². The van der Waals surface area contributed by atoms with Crippen molar-refractivity contribution in [3.05, 3.63) is 24.3 Å². The zero-order valence-corrected chi connectivity index (χ0v) is 12.3. The van der Waals surface area contributed by atoms with Gasteiger partial charge >= 0.3 is 0 Å². The maximum atomic E-state index is 4.68. The average Bonchev–Trinajstić information content (AvgIpc) is 2.47. The van der Waals surface area contributed by atoms with Crippen molar-refractivity contribution in [2.45, 2.75) is 18.9 Å². The second-order valence-corrected chi connectivity index (χ2v) is 4.85. The normalized spacial score (nSPS) is 18.4. The Morgan fingerprint density at radius 1 is 1.15 bits per heavy atom. The average molecular weight is 294 g/mol. The fraction of sp³-hybridized carbons (Fsp3) is 0.429. The van der Waals surface area contributed by atoms with Gasteiger partial charge in [0.05, 0.1) is 11.0 Å². The number of benzene rings is 1. The Balaban J connectivity index is 0.00000147. The molecule has 0 unspecified atom stereocenters. The number of anilines is 2. The topological polar surface area (TPSA) is 61.9 Å². The standard InChI is InChI=1S/C14H19N5.ClH/c1-15-13-14(17-10-5-4-8-16-9-10)19-12-7-3-2-6-11(12)18-13;/h2-3,6-7,10,16H,4-5,8-9H2,1H3,(H,15,18)(H,17,19);1H/t10-;/m1./s1. The highest BCUT2D eigenvalue weighted by atomic mass is 35.5. The molecule has 108 valence electrons. The molecule has 1 aliphatic heterocycles. The van der Waals surface area contributed by atoms with Crippen molar-refractivity contribution >= 4 is 35.1 Å². The van der Waals surface area contributed by atoms with Crippen LogP contribution in [0.1, 0.15) is 12.8 Å². The van der Waals surface area contributed by atoms with E-state index in [4.69, 9.17) is 0 Å². The van der Waals surface area contributed by atoms with Gasteiger partial charge in [-0.3, -0.25) is 0 Å². The Morgan fingerprint density at radius 3 is 2.45 bits per heavy atom. The summed E-state index contributed by atoms with van der Waals surface area (Å²) < 4.78 is 0. The van der Waals surface area contributed by atoms with Gasteiger partial charge in [-0.05, 0) is 31.5 Å². The van der Waals surface area contributed by atoms with Crippen molar-refractivity contribution < 1.29 is 0 Å². The van der Waals surface area contributed by atoms with Gasteiger partial charge in [0.2, 0.25) is 0 Å². The van der Waals surface area contributed by atoms with Crippen molar-refractivity contribution in [1.82, 2.24) is 15.3 Å². The first-order valence-corrected chi connectivity index (χ1v) is 6.78. The van der Waals surface area contributed by atoms with Crippen molar-refractivity contribution in [3.8, 4) is 0 Å². The van der Waals surface area contributed by atoms with Crippen LogP contribution in [0.2, 0.25) is 0 Å². The van der Waals surface area contributed by atoms with E-state index in [2.05, 4.69) is 25.9 Å².